The molecule has 0 spiro atoms. The first kappa shape index (κ1) is 12.9. The summed E-state index contributed by atoms with van der Waals surface area (Å²) in [5.41, 5.74) is -0.614. The van der Waals surface area contributed by atoms with Gasteiger partial charge in [0.15, 0.2) is 0 Å². The van der Waals surface area contributed by atoms with E-state index < -0.39 is 35.7 Å². The van der Waals surface area contributed by atoms with Crippen LogP contribution >= 0.6 is 0 Å². The van der Waals surface area contributed by atoms with E-state index in [1.807, 2.05) is 0 Å². The Hall–Kier alpha value is -1.56. The number of ether oxygens (including phenoxy) is 2. The maximum absolute atomic E-state index is 11.7. The van der Waals surface area contributed by atoms with Gasteiger partial charge in [-0.05, 0) is 20.8 Å². The second kappa shape index (κ2) is 4.28. The highest BCUT2D eigenvalue weighted by molar-refractivity contribution is 5.76. The molecule has 2 heterocycles. The van der Waals surface area contributed by atoms with Gasteiger partial charge in [0.2, 0.25) is 0 Å². The van der Waals surface area contributed by atoms with E-state index >= 15 is 0 Å². The number of rotatable bonds is 2. The van der Waals surface area contributed by atoms with E-state index in [9.17, 15) is 9.59 Å². The fourth-order valence-corrected chi connectivity index (χ4v) is 2.22. The van der Waals surface area contributed by atoms with E-state index in [4.69, 9.17) is 14.6 Å². The van der Waals surface area contributed by atoms with Crippen LogP contribution in [0.3, 0.4) is 0 Å². The molecule has 6 nitrogen and oxygen atoms in total. The van der Waals surface area contributed by atoms with E-state index in [2.05, 4.69) is 5.32 Å². The molecular weight excluding hydrogens is 238 g/mol. The van der Waals surface area contributed by atoms with Crippen molar-refractivity contribution in [3.8, 4) is 0 Å². The van der Waals surface area contributed by atoms with Crippen molar-refractivity contribution in [1.29, 1.82) is 0 Å². The van der Waals surface area contributed by atoms with Gasteiger partial charge >= 0.3 is 12.1 Å². The third kappa shape index (κ3) is 2.48. The van der Waals surface area contributed by atoms with Gasteiger partial charge in [-0.1, -0.05) is 12.2 Å². The van der Waals surface area contributed by atoms with Gasteiger partial charge in [0, 0.05) is 0 Å². The molecule has 0 aliphatic carbocycles. The summed E-state index contributed by atoms with van der Waals surface area (Å²) >= 11 is 0. The minimum Gasteiger partial charge on any atom is -0.481 e. The Labute approximate surface area is 105 Å². The molecule has 0 radical (unpaired) electrons. The quantitative estimate of drug-likeness (QED) is 0.717. The molecule has 2 bridgehead atoms. The van der Waals surface area contributed by atoms with Gasteiger partial charge in [-0.15, -0.1) is 0 Å². The minimum absolute atomic E-state index is 0.386. The lowest BCUT2D eigenvalue weighted by molar-refractivity contribution is -0.143. The predicted octanol–water partition coefficient (Wildman–Crippen LogP) is 0.918. The van der Waals surface area contributed by atoms with Crippen LogP contribution in [-0.2, 0) is 14.3 Å². The number of carbonyl (C=O) groups excluding carboxylic acids is 1. The Morgan fingerprint density at radius 1 is 1.28 bits per heavy atom. The van der Waals surface area contributed by atoms with E-state index in [1.165, 1.54) is 0 Å². The average molecular weight is 255 g/mol. The van der Waals surface area contributed by atoms with E-state index in [-0.39, 0.29) is 6.10 Å². The Balaban J connectivity index is 2.02. The standard InChI is InChI=1S/C12H17NO5/c1-12(2,3)18-11(16)13-9-7-5-4-6(17-7)8(9)10(14)15/h4-9H,1-3H3,(H,13,16)(H,14,15)/t6-,7-,8+,9-/m1/s1. The Bertz CT molecular complexity index is 398. The van der Waals surface area contributed by atoms with Crippen molar-refractivity contribution in [2.45, 2.75) is 44.6 Å². The van der Waals surface area contributed by atoms with Gasteiger partial charge in [0.05, 0.1) is 18.2 Å². The SMILES string of the molecule is CC(C)(C)OC(=O)N[C@H]1[C@@H](C(=O)O)[C@H]2C=C[C@H]1O2. The number of carboxylic acid groups (broad SMARTS) is 1. The van der Waals surface area contributed by atoms with Crippen molar-refractivity contribution in [2.24, 2.45) is 5.92 Å². The van der Waals surface area contributed by atoms with Crippen LogP contribution in [0.2, 0.25) is 0 Å². The van der Waals surface area contributed by atoms with Crippen LogP contribution in [0, 0.1) is 5.92 Å². The maximum Gasteiger partial charge on any atom is 0.407 e. The topological polar surface area (TPSA) is 84.9 Å². The monoisotopic (exact) mass is 255 g/mol. The lowest BCUT2D eigenvalue weighted by Crippen LogP contribution is -2.49. The molecular formula is C12H17NO5. The molecule has 2 aliphatic heterocycles. The second-order valence-corrected chi connectivity index (χ2v) is 5.49. The molecule has 1 saturated heterocycles. The van der Waals surface area contributed by atoms with E-state index in [0.29, 0.717) is 0 Å². The fourth-order valence-electron chi connectivity index (χ4n) is 2.22. The summed E-state index contributed by atoms with van der Waals surface area (Å²) in [6, 6.07) is -0.577. The molecule has 1 amide bonds. The Morgan fingerprint density at radius 2 is 1.89 bits per heavy atom. The molecule has 0 unspecified atom stereocenters. The van der Waals surface area contributed by atoms with Gasteiger partial charge in [-0.2, -0.15) is 0 Å². The molecule has 1 fully saturated rings. The van der Waals surface area contributed by atoms with Crippen LogP contribution in [0.15, 0.2) is 12.2 Å². The summed E-state index contributed by atoms with van der Waals surface area (Å²) < 4.78 is 10.5. The number of carbonyl (C=O) groups is 2. The summed E-state index contributed by atoms with van der Waals surface area (Å²) in [7, 11) is 0. The molecule has 2 aliphatic rings. The number of hydrogen-bond donors (Lipinski definition) is 2. The van der Waals surface area contributed by atoms with Gasteiger partial charge in [0.25, 0.3) is 0 Å². The average Bonchev–Trinajstić information content (AvgIpc) is 2.73. The summed E-state index contributed by atoms with van der Waals surface area (Å²) in [6.45, 7) is 5.25. The van der Waals surface area contributed by atoms with Crippen LogP contribution in [-0.4, -0.2) is 41.0 Å². The molecule has 2 rings (SSSR count). The zero-order valence-electron chi connectivity index (χ0n) is 10.5. The van der Waals surface area contributed by atoms with Crippen LogP contribution in [0.5, 0.6) is 0 Å². The highest BCUT2D eigenvalue weighted by atomic mass is 16.6. The number of aliphatic carboxylic acids is 1. The molecule has 6 heteroatoms. The molecule has 0 aromatic rings. The maximum atomic E-state index is 11.7. The lowest BCUT2D eigenvalue weighted by Gasteiger charge is -2.25. The van der Waals surface area contributed by atoms with Gasteiger partial charge in [0.1, 0.15) is 11.5 Å². The number of carboxylic acids is 1. The van der Waals surface area contributed by atoms with Gasteiger partial charge in [-0.3, -0.25) is 4.79 Å². The van der Waals surface area contributed by atoms with Crippen molar-refractivity contribution >= 4 is 12.1 Å². The van der Waals surface area contributed by atoms with Crippen molar-refractivity contribution in [1.82, 2.24) is 5.32 Å². The fraction of sp³-hybridized carbons (Fsp3) is 0.667. The Kier molecular flexibility index (Phi) is 3.06. The summed E-state index contributed by atoms with van der Waals surface area (Å²) in [5, 5.41) is 11.7. The van der Waals surface area contributed by atoms with Crippen molar-refractivity contribution in [3.63, 3.8) is 0 Å². The first-order valence-electron chi connectivity index (χ1n) is 5.84. The van der Waals surface area contributed by atoms with E-state index in [1.54, 1.807) is 32.9 Å². The van der Waals surface area contributed by atoms with Crippen LogP contribution < -0.4 is 5.32 Å². The van der Waals surface area contributed by atoms with Crippen molar-refractivity contribution < 1.29 is 24.2 Å². The van der Waals surface area contributed by atoms with Gasteiger partial charge in [-0.25, -0.2) is 4.79 Å². The normalized spacial score (nSPS) is 33.5. The highest BCUT2D eigenvalue weighted by Crippen LogP contribution is 2.34. The molecule has 0 saturated carbocycles. The first-order valence-corrected chi connectivity index (χ1v) is 5.84. The lowest BCUT2D eigenvalue weighted by atomic mass is 9.89. The number of nitrogens with one attached hydrogen (secondary N) is 1. The second-order valence-electron chi connectivity index (χ2n) is 5.49. The molecule has 2 N–H and O–H groups in total. The molecule has 0 aromatic carbocycles. The zero-order chi connectivity index (χ0) is 13.5. The summed E-state index contributed by atoms with van der Waals surface area (Å²) in [4.78, 5) is 22.8. The van der Waals surface area contributed by atoms with Crippen molar-refractivity contribution in [3.05, 3.63) is 12.2 Å². The predicted molar refractivity (Wildman–Crippen MR) is 62.1 cm³/mol. The minimum atomic E-state index is -0.979. The molecule has 4 atom stereocenters. The van der Waals surface area contributed by atoms with Crippen LogP contribution in [0.1, 0.15) is 20.8 Å². The smallest absolute Gasteiger partial charge is 0.407 e. The number of hydrogen-bond acceptors (Lipinski definition) is 4. The molecule has 18 heavy (non-hydrogen) atoms. The number of amides is 1. The third-order valence-corrected chi connectivity index (χ3v) is 2.87. The van der Waals surface area contributed by atoms with Gasteiger partial charge < -0.3 is 19.9 Å². The largest absolute Gasteiger partial charge is 0.481 e. The summed E-state index contributed by atoms with van der Waals surface area (Å²) in [5.74, 6) is -1.74. The Morgan fingerprint density at radius 3 is 2.44 bits per heavy atom. The number of alkyl carbamates (subject to hydrolysis) is 1. The van der Waals surface area contributed by atoms with Crippen LogP contribution in [0.25, 0.3) is 0 Å². The van der Waals surface area contributed by atoms with Crippen LogP contribution in [0.4, 0.5) is 4.79 Å². The third-order valence-electron chi connectivity index (χ3n) is 2.87. The first-order chi connectivity index (χ1) is 8.28. The highest BCUT2D eigenvalue weighted by Gasteiger charge is 2.50. The van der Waals surface area contributed by atoms with E-state index in [0.717, 1.165) is 0 Å². The van der Waals surface area contributed by atoms with Crippen molar-refractivity contribution in [2.75, 3.05) is 0 Å². The number of fused-ring (bicyclic) bond motifs is 2. The zero-order valence-corrected chi connectivity index (χ0v) is 10.5. The molecule has 0 aromatic heterocycles. The molecule has 100 valence electrons. The summed E-state index contributed by atoms with van der Waals surface area (Å²) in [6.07, 6.45) is 2.02.